The fraction of sp³-hybridized carbons (Fsp3) is 0.111. The van der Waals surface area contributed by atoms with Crippen LogP contribution in [-0.2, 0) is 11.3 Å². The van der Waals surface area contributed by atoms with E-state index in [0.29, 0.717) is 12.2 Å². The van der Waals surface area contributed by atoms with Crippen molar-refractivity contribution in [2.45, 2.75) is 6.54 Å². The second-order valence-corrected chi connectivity index (χ2v) is 4.91. The molecule has 0 fully saturated rings. The maximum Gasteiger partial charge on any atom is 0.267 e. The summed E-state index contributed by atoms with van der Waals surface area (Å²) in [5.41, 5.74) is 1.30. The molecule has 0 saturated carbocycles. The average Bonchev–Trinajstić information content (AvgIpc) is 2.59. The van der Waals surface area contributed by atoms with Gasteiger partial charge in [-0.2, -0.15) is 5.26 Å². The maximum absolute atomic E-state index is 12.1. The first-order valence-corrected chi connectivity index (χ1v) is 7.19. The topological polar surface area (TPSA) is 94.4 Å². The Labute approximate surface area is 140 Å². The van der Waals surface area contributed by atoms with Gasteiger partial charge in [-0.1, -0.05) is 18.2 Å². The second-order valence-electron chi connectivity index (χ2n) is 4.91. The molecule has 0 bridgehead atoms. The molecule has 3 N–H and O–H groups in total. The molecule has 6 nitrogen and oxygen atoms in total. The molecule has 0 atom stereocenters. The van der Waals surface area contributed by atoms with E-state index in [2.05, 4.69) is 10.6 Å². The summed E-state index contributed by atoms with van der Waals surface area (Å²) in [4.78, 5) is 12.1. The number of carbonyl (C=O) groups is 1. The van der Waals surface area contributed by atoms with Gasteiger partial charge >= 0.3 is 0 Å². The number of anilines is 1. The number of carbonyl (C=O) groups excluding carboxylic acids is 1. The summed E-state index contributed by atoms with van der Waals surface area (Å²) in [6.07, 6.45) is 1.36. The highest BCUT2D eigenvalue weighted by Crippen LogP contribution is 2.16. The normalized spacial score (nSPS) is 10.6. The van der Waals surface area contributed by atoms with Crippen LogP contribution in [0.5, 0.6) is 11.5 Å². The minimum absolute atomic E-state index is 0.0337. The quantitative estimate of drug-likeness (QED) is 0.561. The lowest BCUT2D eigenvalue weighted by molar-refractivity contribution is -0.112. The Morgan fingerprint density at radius 2 is 2.08 bits per heavy atom. The highest BCUT2D eigenvalue weighted by atomic mass is 16.5. The number of hydrogen-bond acceptors (Lipinski definition) is 5. The van der Waals surface area contributed by atoms with Gasteiger partial charge < -0.3 is 20.5 Å². The SMILES string of the molecule is COc1cccc(CN/C=C(/C#N)C(=O)Nc2cccc(O)c2)c1. The first-order chi connectivity index (χ1) is 11.6. The molecule has 122 valence electrons. The van der Waals surface area contributed by atoms with Gasteiger partial charge in [0.25, 0.3) is 5.91 Å². The fourth-order valence-corrected chi connectivity index (χ4v) is 1.98. The molecule has 2 aromatic carbocycles. The van der Waals surface area contributed by atoms with E-state index in [1.165, 1.54) is 18.3 Å². The minimum atomic E-state index is -0.554. The molecule has 24 heavy (non-hydrogen) atoms. The molecule has 0 saturated heterocycles. The second kappa shape index (κ2) is 8.25. The lowest BCUT2D eigenvalue weighted by atomic mass is 10.2. The Bertz CT molecular complexity index is 794. The molecule has 2 aromatic rings. The van der Waals surface area contributed by atoms with Gasteiger partial charge in [-0.05, 0) is 29.8 Å². The third-order valence-corrected chi connectivity index (χ3v) is 3.16. The van der Waals surface area contributed by atoms with Crippen molar-refractivity contribution in [1.82, 2.24) is 5.32 Å². The molecular formula is C18H17N3O3. The Balaban J connectivity index is 1.98. The van der Waals surface area contributed by atoms with Crippen LogP contribution in [0.3, 0.4) is 0 Å². The summed E-state index contributed by atoms with van der Waals surface area (Å²) >= 11 is 0. The zero-order chi connectivity index (χ0) is 17.4. The third kappa shape index (κ3) is 4.78. The van der Waals surface area contributed by atoms with Gasteiger partial charge in [0.2, 0.25) is 0 Å². The summed E-state index contributed by atoms with van der Waals surface area (Å²) in [5.74, 6) is 0.216. The zero-order valence-electron chi connectivity index (χ0n) is 13.1. The highest BCUT2D eigenvalue weighted by molar-refractivity contribution is 6.06. The Morgan fingerprint density at radius 3 is 2.79 bits per heavy atom. The molecular weight excluding hydrogens is 306 g/mol. The Hall–Kier alpha value is -3.46. The summed E-state index contributed by atoms with van der Waals surface area (Å²) in [6.45, 7) is 0.446. The van der Waals surface area contributed by atoms with E-state index in [1.807, 2.05) is 30.3 Å². The van der Waals surface area contributed by atoms with Crippen LogP contribution in [0.15, 0.2) is 60.3 Å². The standard InChI is InChI=1S/C18H17N3O3/c1-24-17-7-2-4-13(8-17)11-20-12-14(10-19)18(23)21-15-5-3-6-16(22)9-15/h2-9,12,20,22H,11H2,1H3,(H,21,23)/b14-12-. The van der Waals surface area contributed by atoms with Crippen molar-refractivity contribution >= 4 is 11.6 Å². The van der Waals surface area contributed by atoms with Gasteiger partial charge in [-0.3, -0.25) is 4.79 Å². The number of aromatic hydroxyl groups is 1. The Kier molecular flexibility index (Phi) is 5.81. The van der Waals surface area contributed by atoms with Crippen molar-refractivity contribution in [1.29, 1.82) is 5.26 Å². The lowest BCUT2D eigenvalue weighted by Crippen LogP contribution is -2.16. The van der Waals surface area contributed by atoms with Gasteiger partial charge in [0.05, 0.1) is 7.11 Å². The smallest absolute Gasteiger partial charge is 0.267 e. The molecule has 1 amide bonds. The number of benzene rings is 2. The van der Waals surface area contributed by atoms with E-state index >= 15 is 0 Å². The maximum atomic E-state index is 12.1. The van der Waals surface area contributed by atoms with Gasteiger partial charge in [0, 0.05) is 24.5 Å². The van der Waals surface area contributed by atoms with Crippen LogP contribution >= 0.6 is 0 Å². The van der Waals surface area contributed by atoms with Crippen molar-refractivity contribution in [2.75, 3.05) is 12.4 Å². The Morgan fingerprint density at radius 1 is 1.29 bits per heavy atom. The van der Waals surface area contributed by atoms with E-state index in [4.69, 9.17) is 10.00 Å². The van der Waals surface area contributed by atoms with Crippen LogP contribution in [0.2, 0.25) is 0 Å². The van der Waals surface area contributed by atoms with E-state index < -0.39 is 5.91 Å². The van der Waals surface area contributed by atoms with Crippen molar-refractivity contribution < 1.29 is 14.6 Å². The number of hydrogen-bond donors (Lipinski definition) is 3. The average molecular weight is 323 g/mol. The van der Waals surface area contributed by atoms with E-state index in [-0.39, 0.29) is 11.3 Å². The number of methoxy groups -OCH3 is 1. The summed E-state index contributed by atoms with van der Waals surface area (Å²) in [6, 6.07) is 15.4. The number of nitrogens with one attached hydrogen (secondary N) is 2. The van der Waals surface area contributed by atoms with E-state index in [9.17, 15) is 9.90 Å². The summed E-state index contributed by atoms with van der Waals surface area (Å²) in [5, 5.41) is 24.0. The molecule has 6 heteroatoms. The largest absolute Gasteiger partial charge is 0.508 e. The first kappa shape index (κ1) is 16.9. The highest BCUT2D eigenvalue weighted by Gasteiger charge is 2.09. The molecule has 0 aliphatic heterocycles. The van der Waals surface area contributed by atoms with Crippen molar-refractivity contribution in [3.63, 3.8) is 0 Å². The third-order valence-electron chi connectivity index (χ3n) is 3.16. The lowest BCUT2D eigenvalue weighted by Gasteiger charge is -2.06. The van der Waals surface area contributed by atoms with Crippen LogP contribution in [0.4, 0.5) is 5.69 Å². The monoisotopic (exact) mass is 323 g/mol. The molecule has 0 aliphatic carbocycles. The zero-order valence-corrected chi connectivity index (χ0v) is 13.1. The molecule has 0 radical (unpaired) electrons. The van der Waals surface area contributed by atoms with Gasteiger partial charge in [0.15, 0.2) is 0 Å². The van der Waals surface area contributed by atoms with Crippen LogP contribution in [-0.4, -0.2) is 18.1 Å². The van der Waals surface area contributed by atoms with E-state index in [0.717, 1.165) is 11.3 Å². The molecule has 0 heterocycles. The number of nitrogens with zero attached hydrogens (tertiary/aromatic N) is 1. The van der Waals surface area contributed by atoms with Crippen LogP contribution < -0.4 is 15.4 Å². The molecule has 0 aliphatic rings. The summed E-state index contributed by atoms with van der Waals surface area (Å²) < 4.78 is 5.14. The van der Waals surface area contributed by atoms with Crippen molar-refractivity contribution in [2.24, 2.45) is 0 Å². The van der Waals surface area contributed by atoms with Crippen LogP contribution in [0, 0.1) is 11.3 Å². The van der Waals surface area contributed by atoms with Crippen molar-refractivity contribution in [3.05, 3.63) is 65.9 Å². The number of amides is 1. The van der Waals surface area contributed by atoms with Crippen LogP contribution in [0.25, 0.3) is 0 Å². The molecule has 0 spiro atoms. The predicted octanol–water partition coefficient (Wildman–Crippen LogP) is 2.54. The fourth-order valence-electron chi connectivity index (χ4n) is 1.98. The number of phenols is 1. The van der Waals surface area contributed by atoms with Crippen LogP contribution in [0.1, 0.15) is 5.56 Å². The minimum Gasteiger partial charge on any atom is -0.508 e. The predicted molar refractivity (Wildman–Crippen MR) is 90.3 cm³/mol. The number of ether oxygens (including phenoxy) is 1. The number of phenolic OH excluding ortho intramolecular Hbond substituents is 1. The summed E-state index contributed by atoms with van der Waals surface area (Å²) in [7, 11) is 1.59. The molecule has 0 unspecified atom stereocenters. The van der Waals surface area contributed by atoms with Gasteiger partial charge in [-0.25, -0.2) is 0 Å². The van der Waals surface area contributed by atoms with Crippen molar-refractivity contribution in [3.8, 4) is 17.6 Å². The molecule has 0 aromatic heterocycles. The molecule has 2 rings (SSSR count). The number of nitriles is 1. The van der Waals surface area contributed by atoms with Gasteiger partial charge in [0.1, 0.15) is 23.1 Å². The van der Waals surface area contributed by atoms with E-state index in [1.54, 1.807) is 19.2 Å². The first-order valence-electron chi connectivity index (χ1n) is 7.19. The van der Waals surface area contributed by atoms with Gasteiger partial charge in [-0.15, -0.1) is 0 Å². The number of rotatable bonds is 6.